The van der Waals surface area contributed by atoms with Crippen LogP contribution in [0.3, 0.4) is 0 Å². The summed E-state index contributed by atoms with van der Waals surface area (Å²) in [6.45, 7) is 0.741. The van der Waals surface area contributed by atoms with E-state index in [2.05, 4.69) is 27.9 Å². The van der Waals surface area contributed by atoms with Gasteiger partial charge in [0, 0.05) is 11.9 Å². The number of ether oxygens (including phenoxy) is 1. The number of methoxy groups -OCH3 is 1. The average molecular weight is 270 g/mol. The molecule has 1 heterocycles. The van der Waals surface area contributed by atoms with Crippen LogP contribution in [-0.2, 0) is 6.54 Å². The molecule has 0 saturated carbocycles. The summed E-state index contributed by atoms with van der Waals surface area (Å²) in [4.78, 5) is 0. The van der Waals surface area contributed by atoms with Gasteiger partial charge in [0.05, 0.1) is 11.8 Å². The summed E-state index contributed by atoms with van der Waals surface area (Å²) in [6.07, 6.45) is 0. The van der Waals surface area contributed by atoms with Crippen LogP contribution in [0, 0.1) is 0 Å². The summed E-state index contributed by atoms with van der Waals surface area (Å²) in [5.74, 6) is 1.82. The fourth-order valence-electron chi connectivity index (χ4n) is 1.98. The number of benzene rings is 2. The van der Waals surface area contributed by atoms with Crippen molar-refractivity contribution in [3.05, 3.63) is 54.1 Å². The predicted octanol–water partition coefficient (Wildman–Crippen LogP) is 3.92. The molecule has 0 amide bonds. The molecule has 2 aromatic carbocycles. The van der Waals surface area contributed by atoms with Crippen molar-refractivity contribution in [2.45, 2.75) is 6.54 Å². The number of hydrogen-bond donors (Lipinski definition) is 1. The molecule has 3 nitrogen and oxygen atoms in total. The van der Waals surface area contributed by atoms with E-state index in [0.29, 0.717) is 0 Å². The lowest BCUT2D eigenvalue weighted by atomic mass is 10.2. The number of aromatic nitrogens is 1. The summed E-state index contributed by atoms with van der Waals surface area (Å²) >= 11 is 1.52. The Labute approximate surface area is 116 Å². The van der Waals surface area contributed by atoms with Crippen molar-refractivity contribution in [1.82, 2.24) is 4.37 Å². The molecule has 3 aromatic rings. The van der Waals surface area contributed by atoms with E-state index >= 15 is 0 Å². The van der Waals surface area contributed by atoms with Crippen LogP contribution in [0.2, 0.25) is 0 Å². The Hall–Kier alpha value is -2.07. The van der Waals surface area contributed by atoms with Crippen molar-refractivity contribution in [3.63, 3.8) is 0 Å². The fourth-order valence-corrected chi connectivity index (χ4v) is 2.74. The second-order valence-corrected chi connectivity index (χ2v) is 5.04. The number of anilines is 1. The number of rotatable bonds is 4. The van der Waals surface area contributed by atoms with Gasteiger partial charge >= 0.3 is 0 Å². The highest BCUT2D eigenvalue weighted by atomic mass is 32.1. The second-order valence-electron chi connectivity index (χ2n) is 4.23. The van der Waals surface area contributed by atoms with Gasteiger partial charge in [0.25, 0.3) is 0 Å². The van der Waals surface area contributed by atoms with E-state index in [1.54, 1.807) is 7.11 Å². The first kappa shape index (κ1) is 12.0. The first-order valence-corrected chi connectivity index (χ1v) is 6.85. The Balaban J connectivity index is 1.78. The minimum Gasteiger partial charge on any atom is -0.497 e. The summed E-state index contributed by atoms with van der Waals surface area (Å²) in [6, 6.07) is 16.3. The van der Waals surface area contributed by atoms with Gasteiger partial charge in [0.1, 0.15) is 11.6 Å². The van der Waals surface area contributed by atoms with Crippen molar-refractivity contribution in [1.29, 1.82) is 0 Å². The van der Waals surface area contributed by atoms with E-state index in [9.17, 15) is 0 Å². The molecule has 0 unspecified atom stereocenters. The molecule has 4 heteroatoms. The van der Waals surface area contributed by atoms with Crippen LogP contribution < -0.4 is 10.1 Å². The zero-order valence-electron chi connectivity index (χ0n) is 10.6. The van der Waals surface area contributed by atoms with Gasteiger partial charge in [-0.2, -0.15) is 4.37 Å². The van der Waals surface area contributed by atoms with Crippen LogP contribution in [0.25, 0.3) is 10.1 Å². The van der Waals surface area contributed by atoms with E-state index in [0.717, 1.165) is 18.1 Å². The maximum Gasteiger partial charge on any atom is 0.147 e. The second kappa shape index (κ2) is 5.28. The van der Waals surface area contributed by atoms with Crippen molar-refractivity contribution in [2.24, 2.45) is 0 Å². The lowest BCUT2D eigenvalue weighted by Gasteiger charge is -2.06. The summed E-state index contributed by atoms with van der Waals surface area (Å²) < 4.78 is 10.9. The molecule has 0 aliphatic heterocycles. The Morgan fingerprint density at radius 2 is 2.05 bits per heavy atom. The van der Waals surface area contributed by atoms with Crippen LogP contribution in [0.4, 0.5) is 5.82 Å². The highest BCUT2D eigenvalue weighted by Crippen LogP contribution is 2.26. The molecule has 0 bridgehead atoms. The Kier molecular flexibility index (Phi) is 3.33. The van der Waals surface area contributed by atoms with Crippen molar-refractivity contribution < 1.29 is 4.74 Å². The monoisotopic (exact) mass is 270 g/mol. The highest BCUT2D eigenvalue weighted by Gasteiger charge is 2.04. The fraction of sp³-hybridized carbons (Fsp3) is 0.133. The Morgan fingerprint density at radius 1 is 1.16 bits per heavy atom. The largest absolute Gasteiger partial charge is 0.497 e. The van der Waals surface area contributed by atoms with Crippen LogP contribution >= 0.6 is 11.5 Å². The molecular formula is C15H14N2OS. The zero-order chi connectivity index (χ0) is 13.1. The standard InChI is InChI=1S/C15H14N2OS/c1-18-12-6-4-5-11(9-12)10-16-15-13-7-2-3-8-14(13)19-17-15/h2-9H,10H2,1H3,(H,16,17). The molecule has 96 valence electrons. The Bertz CT molecular complexity index is 693. The van der Waals surface area contributed by atoms with Crippen LogP contribution in [0.5, 0.6) is 5.75 Å². The molecule has 0 aliphatic rings. The topological polar surface area (TPSA) is 34.1 Å². The van der Waals surface area contributed by atoms with E-state index in [1.165, 1.54) is 27.2 Å². The van der Waals surface area contributed by atoms with Gasteiger partial charge in [-0.3, -0.25) is 0 Å². The number of nitrogens with zero attached hydrogens (tertiary/aromatic N) is 1. The van der Waals surface area contributed by atoms with Gasteiger partial charge in [-0.1, -0.05) is 24.3 Å². The van der Waals surface area contributed by atoms with E-state index < -0.39 is 0 Å². The van der Waals surface area contributed by atoms with Gasteiger partial charge in [-0.15, -0.1) is 0 Å². The lowest BCUT2D eigenvalue weighted by Crippen LogP contribution is -2.00. The van der Waals surface area contributed by atoms with Crippen LogP contribution in [-0.4, -0.2) is 11.5 Å². The average Bonchev–Trinajstić information content (AvgIpc) is 2.89. The third-order valence-corrected chi connectivity index (χ3v) is 3.80. The molecule has 1 N–H and O–H groups in total. The van der Waals surface area contributed by atoms with Crippen LogP contribution in [0.1, 0.15) is 5.56 Å². The molecule has 19 heavy (non-hydrogen) atoms. The summed E-state index contributed by atoms with van der Waals surface area (Å²) in [7, 11) is 1.68. The predicted molar refractivity (Wildman–Crippen MR) is 79.9 cm³/mol. The van der Waals surface area contributed by atoms with Gasteiger partial charge in [-0.05, 0) is 41.4 Å². The maximum atomic E-state index is 5.22. The molecule has 0 spiro atoms. The Morgan fingerprint density at radius 3 is 2.95 bits per heavy atom. The van der Waals surface area contributed by atoms with Gasteiger partial charge < -0.3 is 10.1 Å². The third kappa shape index (κ3) is 2.53. The minimum atomic E-state index is 0.741. The summed E-state index contributed by atoms with van der Waals surface area (Å²) in [5.41, 5.74) is 1.18. The zero-order valence-corrected chi connectivity index (χ0v) is 11.4. The smallest absolute Gasteiger partial charge is 0.147 e. The quantitative estimate of drug-likeness (QED) is 0.780. The first-order chi connectivity index (χ1) is 9.36. The number of hydrogen-bond acceptors (Lipinski definition) is 4. The van der Waals surface area contributed by atoms with Crippen LogP contribution in [0.15, 0.2) is 48.5 Å². The molecule has 0 atom stereocenters. The third-order valence-electron chi connectivity index (χ3n) is 2.97. The molecule has 0 fully saturated rings. The molecule has 3 rings (SSSR count). The van der Waals surface area contributed by atoms with Gasteiger partial charge in [-0.25, -0.2) is 0 Å². The SMILES string of the molecule is COc1cccc(CNc2nsc3ccccc23)c1. The minimum absolute atomic E-state index is 0.741. The highest BCUT2D eigenvalue weighted by molar-refractivity contribution is 7.13. The van der Waals surface area contributed by atoms with Crippen molar-refractivity contribution in [2.75, 3.05) is 12.4 Å². The summed E-state index contributed by atoms with van der Waals surface area (Å²) in [5, 5.41) is 4.56. The van der Waals surface area contributed by atoms with E-state index in [1.807, 2.05) is 30.3 Å². The number of fused-ring (bicyclic) bond motifs is 1. The molecule has 0 saturated heterocycles. The number of nitrogens with one attached hydrogen (secondary N) is 1. The molecule has 0 radical (unpaired) electrons. The normalized spacial score (nSPS) is 10.6. The van der Waals surface area contributed by atoms with E-state index in [-0.39, 0.29) is 0 Å². The van der Waals surface area contributed by atoms with Crippen molar-refractivity contribution >= 4 is 27.4 Å². The van der Waals surface area contributed by atoms with Gasteiger partial charge in [0.2, 0.25) is 0 Å². The lowest BCUT2D eigenvalue weighted by molar-refractivity contribution is 0.414. The first-order valence-electron chi connectivity index (χ1n) is 6.08. The van der Waals surface area contributed by atoms with E-state index in [4.69, 9.17) is 4.74 Å². The maximum absolute atomic E-state index is 5.22. The molecule has 0 aliphatic carbocycles. The molecule has 1 aromatic heterocycles. The van der Waals surface area contributed by atoms with Gasteiger partial charge in [0.15, 0.2) is 0 Å². The van der Waals surface area contributed by atoms with Crippen molar-refractivity contribution in [3.8, 4) is 5.75 Å². The molecular weight excluding hydrogens is 256 g/mol.